The molecule has 2 heterocycles. The van der Waals surface area contributed by atoms with Gasteiger partial charge >= 0.3 is 0 Å². The summed E-state index contributed by atoms with van der Waals surface area (Å²) in [5, 5.41) is 4.61. The van der Waals surface area contributed by atoms with Crippen LogP contribution in [0.1, 0.15) is 32.9 Å². The minimum absolute atomic E-state index is 0.183. The van der Waals surface area contributed by atoms with Crippen LogP contribution in [-0.4, -0.2) is 35.2 Å². The van der Waals surface area contributed by atoms with Crippen molar-refractivity contribution in [2.45, 2.75) is 18.9 Å². The molecule has 2 aromatic rings. The van der Waals surface area contributed by atoms with Crippen LogP contribution >= 0.6 is 11.3 Å². The van der Waals surface area contributed by atoms with E-state index in [1.165, 1.54) is 16.2 Å². The summed E-state index contributed by atoms with van der Waals surface area (Å²) in [6.07, 6.45) is 1.38. The van der Waals surface area contributed by atoms with Crippen molar-refractivity contribution in [2.24, 2.45) is 5.73 Å². The summed E-state index contributed by atoms with van der Waals surface area (Å²) >= 11 is 1.36. The Bertz CT molecular complexity index is 756. The van der Waals surface area contributed by atoms with Gasteiger partial charge in [-0.3, -0.25) is 14.4 Å². The molecule has 0 radical (unpaired) electrons. The van der Waals surface area contributed by atoms with Crippen LogP contribution in [0.2, 0.25) is 0 Å². The smallest absolute Gasteiger partial charge is 0.265 e. The average molecular weight is 343 g/mol. The fourth-order valence-electron chi connectivity index (χ4n) is 2.77. The van der Waals surface area contributed by atoms with Crippen molar-refractivity contribution in [2.75, 3.05) is 11.9 Å². The third-order valence-corrected chi connectivity index (χ3v) is 4.85. The molecule has 124 valence electrons. The topological polar surface area (TPSA) is 92.5 Å². The Morgan fingerprint density at radius 1 is 1.17 bits per heavy atom. The third kappa shape index (κ3) is 3.30. The maximum Gasteiger partial charge on any atom is 0.265 e. The Morgan fingerprint density at radius 3 is 2.54 bits per heavy atom. The second-order valence-electron chi connectivity index (χ2n) is 5.57. The summed E-state index contributed by atoms with van der Waals surface area (Å²) in [7, 11) is 0. The predicted octanol–water partition coefficient (Wildman–Crippen LogP) is 2.09. The number of thiophene rings is 1. The summed E-state index contributed by atoms with van der Waals surface area (Å²) in [6, 6.07) is 9.66. The van der Waals surface area contributed by atoms with Gasteiger partial charge in [0.1, 0.15) is 6.04 Å². The van der Waals surface area contributed by atoms with E-state index in [0.717, 1.165) is 6.42 Å². The number of nitrogens with two attached hydrogens (primary N) is 1. The number of carbonyl (C=O) groups is 3. The molecule has 24 heavy (non-hydrogen) atoms. The molecule has 0 bridgehead atoms. The van der Waals surface area contributed by atoms with Crippen molar-refractivity contribution >= 4 is 34.7 Å². The van der Waals surface area contributed by atoms with Gasteiger partial charge in [0.25, 0.3) is 11.8 Å². The van der Waals surface area contributed by atoms with Gasteiger partial charge in [-0.1, -0.05) is 6.07 Å². The van der Waals surface area contributed by atoms with Gasteiger partial charge in [0.2, 0.25) is 5.91 Å². The van der Waals surface area contributed by atoms with Crippen LogP contribution in [0.15, 0.2) is 41.8 Å². The number of hydrogen-bond donors (Lipinski definition) is 2. The summed E-state index contributed by atoms with van der Waals surface area (Å²) in [4.78, 5) is 38.1. The van der Waals surface area contributed by atoms with E-state index < -0.39 is 11.9 Å². The zero-order chi connectivity index (χ0) is 17.1. The fourth-order valence-corrected chi connectivity index (χ4v) is 3.39. The van der Waals surface area contributed by atoms with Crippen molar-refractivity contribution in [1.82, 2.24) is 4.90 Å². The number of nitrogens with zero attached hydrogens (tertiary/aromatic N) is 1. The van der Waals surface area contributed by atoms with Crippen molar-refractivity contribution in [3.8, 4) is 0 Å². The number of rotatable bonds is 4. The van der Waals surface area contributed by atoms with Crippen LogP contribution in [0, 0.1) is 0 Å². The minimum Gasteiger partial charge on any atom is -0.368 e. The lowest BCUT2D eigenvalue weighted by Gasteiger charge is -2.22. The quantitative estimate of drug-likeness (QED) is 0.890. The normalized spacial score (nSPS) is 16.8. The highest BCUT2D eigenvalue weighted by molar-refractivity contribution is 7.12. The summed E-state index contributed by atoms with van der Waals surface area (Å²) in [5.41, 5.74) is 6.43. The van der Waals surface area contributed by atoms with Gasteiger partial charge in [0, 0.05) is 17.8 Å². The van der Waals surface area contributed by atoms with E-state index in [4.69, 9.17) is 5.73 Å². The number of likely N-dealkylation sites (tertiary alicyclic amines) is 1. The van der Waals surface area contributed by atoms with Gasteiger partial charge in [-0.25, -0.2) is 0 Å². The molecule has 1 aliphatic rings. The first-order valence-electron chi connectivity index (χ1n) is 7.61. The molecule has 0 saturated carbocycles. The second kappa shape index (κ2) is 6.84. The number of carbonyl (C=O) groups excluding carboxylic acids is 3. The Kier molecular flexibility index (Phi) is 4.61. The average Bonchev–Trinajstić information content (AvgIpc) is 3.26. The van der Waals surface area contributed by atoms with Crippen LogP contribution in [-0.2, 0) is 4.79 Å². The highest BCUT2D eigenvalue weighted by Crippen LogP contribution is 2.21. The Morgan fingerprint density at radius 2 is 1.92 bits per heavy atom. The maximum atomic E-state index is 12.5. The lowest BCUT2D eigenvalue weighted by Crippen LogP contribution is -2.43. The monoisotopic (exact) mass is 343 g/mol. The molecular weight excluding hydrogens is 326 g/mol. The zero-order valence-electron chi connectivity index (χ0n) is 12.9. The fraction of sp³-hybridized carbons (Fsp3) is 0.235. The first-order valence-corrected chi connectivity index (χ1v) is 8.49. The summed E-state index contributed by atoms with van der Waals surface area (Å²) < 4.78 is 0. The Labute approximate surface area is 143 Å². The third-order valence-electron chi connectivity index (χ3n) is 3.98. The first-order chi connectivity index (χ1) is 11.6. The van der Waals surface area contributed by atoms with Gasteiger partial charge in [0.15, 0.2) is 0 Å². The molecule has 1 aromatic carbocycles. The number of amides is 3. The van der Waals surface area contributed by atoms with Crippen LogP contribution in [0.25, 0.3) is 0 Å². The molecule has 3 N–H and O–H groups in total. The molecule has 0 spiro atoms. The van der Waals surface area contributed by atoms with E-state index >= 15 is 0 Å². The van der Waals surface area contributed by atoms with Crippen LogP contribution < -0.4 is 11.1 Å². The van der Waals surface area contributed by atoms with Crippen molar-refractivity contribution < 1.29 is 14.4 Å². The lowest BCUT2D eigenvalue weighted by molar-refractivity contribution is -0.121. The molecule has 1 aromatic heterocycles. The van der Waals surface area contributed by atoms with Crippen molar-refractivity contribution in [3.63, 3.8) is 0 Å². The van der Waals surface area contributed by atoms with Crippen LogP contribution in [0.5, 0.6) is 0 Å². The van der Waals surface area contributed by atoms with Gasteiger partial charge < -0.3 is 16.0 Å². The molecule has 7 heteroatoms. The maximum absolute atomic E-state index is 12.5. The molecule has 1 atom stereocenters. The number of anilines is 1. The van der Waals surface area contributed by atoms with E-state index in [9.17, 15) is 14.4 Å². The number of benzene rings is 1. The molecule has 3 rings (SSSR count). The second-order valence-corrected chi connectivity index (χ2v) is 6.52. The highest BCUT2D eigenvalue weighted by Gasteiger charge is 2.33. The Hall–Kier alpha value is -2.67. The molecule has 1 aliphatic heterocycles. The molecule has 6 nitrogen and oxygen atoms in total. The molecule has 1 saturated heterocycles. The largest absolute Gasteiger partial charge is 0.368 e. The van der Waals surface area contributed by atoms with E-state index in [1.54, 1.807) is 30.3 Å². The number of hydrogen-bond acceptors (Lipinski definition) is 4. The minimum atomic E-state index is -0.532. The molecule has 0 unspecified atom stereocenters. The predicted molar refractivity (Wildman–Crippen MR) is 92.0 cm³/mol. The molecular formula is C17H17N3O3S. The van der Waals surface area contributed by atoms with Gasteiger partial charge in [-0.2, -0.15) is 0 Å². The summed E-state index contributed by atoms with van der Waals surface area (Å²) in [5.74, 6) is -0.870. The van der Waals surface area contributed by atoms with E-state index in [1.807, 2.05) is 11.4 Å². The van der Waals surface area contributed by atoms with E-state index in [0.29, 0.717) is 29.1 Å². The molecule has 0 aliphatic carbocycles. The Balaban J connectivity index is 1.69. The van der Waals surface area contributed by atoms with E-state index in [2.05, 4.69) is 5.32 Å². The number of nitrogens with one attached hydrogen (secondary N) is 1. The van der Waals surface area contributed by atoms with Crippen LogP contribution in [0.4, 0.5) is 5.69 Å². The van der Waals surface area contributed by atoms with Crippen molar-refractivity contribution in [1.29, 1.82) is 0 Å². The molecule has 1 fully saturated rings. The van der Waals surface area contributed by atoms with Crippen molar-refractivity contribution in [3.05, 3.63) is 52.2 Å². The van der Waals surface area contributed by atoms with Gasteiger partial charge in [0.05, 0.1) is 4.88 Å². The summed E-state index contributed by atoms with van der Waals surface area (Å²) in [6.45, 7) is 0.531. The van der Waals surface area contributed by atoms with Crippen LogP contribution in [0.3, 0.4) is 0 Å². The number of primary amides is 1. The van der Waals surface area contributed by atoms with Gasteiger partial charge in [-0.05, 0) is 48.6 Å². The SMILES string of the molecule is NC(=O)[C@H]1CCCN1C(=O)c1ccc(NC(=O)c2cccs2)cc1. The zero-order valence-corrected chi connectivity index (χ0v) is 13.7. The molecule has 3 amide bonds. The van der Waals surface area contributed by atoms with E-state index in [-0.39, 0.29) is 11.8 Å². The standard InChI is InChI=1S/C17H17N3O3S/c18-15(21)13-3-1-9-20(13)17(23)11-5-7-12(8-6-11)19-16(22)14-4-2-10-24-14/h2,4-8,10,13H,1,3,9H2,(H2,18,21)(H,19,22)/t13-/m1/s1. The first kappa shape index (κ1) is 16.2. The van der Waals surface area contributed by atoms with Gasteiger partial charge in [-0.15, -0.1) is 11.3 Å². The highest BCUT2D eigenvalue weighted by atomic mass is 32.1. The lowest BCUT2D eigenvalue weighted by atomic mass is 10.1.